The van der Waals surface area contributed by atoms with Gasteiger partial charge in [-0.15, -0.1) is 0 Å². The molecule has 0 amide bonds. The van der Waals surface area contributed by atoms with Crippen LogP contribution in [0.2, 0.25) is 0 Å². The predicted molar refractivity (Wildman–Crippen MR) is 107 cm³/mol. The minimum absolute atomic E-state index is 0.198. The topological polar surface area (TPSA) is 96.2 Å². The molecule has 0 saturated heterocycles. The molecule has 0 aliphatic rings. The van der Waals surface area contributed by atoms with Crippen LogP contribution in [0, 0.1) is 0 Å². The Morgan fingerprint density at radius 2 is 1.76 bits per heavy atom. The van der Waals surface area contributed by atoms with E-state index in [4.69, 9.17) is 18.0 Å². The fourth-order valence-electron chi connectivity index (χ4n) is 2.07. The maximum absolute atomic E-state index is 12.3. The van der Waals surface area contributed by atoms with Gasteiger partial charge in [0.05, 0.1) is 4.90 Å². The molecule has 8 heteroatoms. The normalized spacial score (nSPS) is 11.1. The first-order chi connectivity index (χ1) is 11.9. The number of nitrogens with two attached hydrogens (primary N) is 1. The van der Waals surface area contributed by atoms with Crippen molar-refractivity contribution < 1.29 is 8.42 Å². The zero-order chi connectivity index (χ0) is 18.3. The van der Waals surface area contributed by atoms with Crippen molar-refractivity contribution in [3.63, 3.8) is 0 Å². The van der Waals surface area contributed by atoms with E-state index in [0.29, 0.717) is 23.0 Å². The summed E-state index contributed by atoms with van der Waals surface area (Å²) >= 11 is 5.25. The molecule has 0 fully saturated rings. The number of thiocarbonyl (C=S) groups is 1. The van der Waals surface area contributed by atoms with Crippen molar-refractivity contribution >= 4 is 44.4 Å². The molecule has 0 aromatic heterocycles. The SMILES string of the molecule is CCCCNS(=O)(=O)c1cccc(NC(=S)Nc2ccc(N)cc2)c1. The van der Waals surface area contributed by atoms with Crippen molar-refractivity contribution in [3.8, 4) is 0 Å². The Bertz CT molecular complexity index is 821. The maximum Gasteiger partial charge on any atom is 0.240 e. The number of hydrogen-bond acceptors (Lipinski definition) is 4. The minimum Gasteiger partial charge on any atom is -0.399 e. The Morgan fingerprint density at radius 3 is 2.44 bits per heavy atom. The lowest BCUT2D eigenvalue weighted by Crippen LogP contribution is -2.25. The van der Waals surface area contributed by atoms with Gasteiger partial charge in [-0.1, -0.05) is 19.4 Å². The Labute approximate surface area is 153 Å². The van der Waals surface area contributed by atoms with Crippen LogP contribution in [0.3, 0.4) is 0 Å². The first kappa shape index (κ1) is 19.2. The highest BCUT2D eigenvalue weighted by molar-refractivity contribution is 7.89. The van der Waals surface area contributed by atoms with Crippen LogP contribution in [0.5, 0.6) is 0 Å². The van der Waals surface area contributed by atoms with E-state index in [0.717, 1.165) is 18.5 Å². The third kappa shape index (κ3) is 6.00. The summed E-state index contributed by atoms with van der Waals surface area (Å²) in [6.45, 7) is 2.43. The largest absolute Gasteiger partial charge is 0.399 e. The predicted octanol–water partition coefficient (Wildman–Crippen LogP) is 3.16. The minimum atomic E-state index is -3.52. The molecule has 0 unspecified atom stereocenters. The van der Waals surface area contributed by atoms with Crippen molar-refractivity contribution in [2.45, 2.75) is 24.7 Å². The summed E-state index contributed by atoms with van der Waals surface area (Å²) in [5.74, 6) is 0. The summed E-state index contributed by atoms with van der Waals surface area (Å²) < 4.78 is 27.1. The number of nitrogen functional groups attached to an aromatic ring is 1. The Hall–Kier alpha value is -2.16. The molecule has 0 radical (unpaired) electrons. The summed E-state index contributed by atoms with van der Waals surface area (Å²) in [6.07, 6.45) is 1.72. The van der Waals surface area contributed by atoms with Gasteiger partial charge in [-0.05, 0) is 61.1 Å². The monoisotopic (exact) mass is 378 g/mol. The van der Waals surface area contributed by atoms with E-state index in [-0.39, 0.29) is 4.90 Å². The Balaban J connectivity index is 2.03. The van der Waals surface area contributed by atoms with E-state index in [2.05, 4.69) is 15.4 Å². The summed E-state index contributed by atoms with van der Waals surface area (Å²) in [7, 11) is -3.52. The summed E-state index contributed by atoms with van der Waals surface area (Å²) in [6, 6.07) is 13.7. The van der Waals surface area contributed by atoms with Gasteiger partial charge in [-0.25, -0.2) is 13.1 Å². The Morgan fingerprint density at radius 1 is 1.08 bits per heavy atom. The third-order valence-corrected chi connectivity index (χ3v) is 5.06. The molecule has 0 saturated carbocycles. The molecule has 0 spiro atoms. The third-order valence-electron chi connectivity index (χ3n) is 3.39. The van der Waals surface area contributed by atoms with Crippen LogP contribution >= 0.6 is 12.2 Å². The van der Waals surface area contributed by atoms with Gasteiger partial charge < -0.3 is 16.4 Å². The smallest absolute Gasteiger partial charge is 0.240 e. The zero-order valence-corrected chi connectivity index (χ0v) is 15.6. The average molecular weight is 379 g/mol. The molecule has 25 heavy (non-hydrogen) atoms. The molecular weight excluding hydrogens is 356 g/mol. The van der Waals surface area contributed by atoms with Crippen LogP contribution in [0.4, 0.5) is 17.1 Å². The van der Waals surface area contributed by atoms with E-state index < -0.39 is 10.0 Å². The number of benzene rings is 2. The molecular formula is C17H22N4O2S2. The molecule has 2 aromatic rings. The summed E-state index contributed by atoms with van der Waals surface area (Å²) in [5.41, 5.74) is 7.69. The number of anilines is 3. The van der Waals surface area contributed by atoms with Crippen molar-refractivity contribution in [1.29, 1.82) is 0 Å². The van der Waals surface area contributed by atoms with Crippen LogP contribution in [-0.4, -0.2) is 20.1 Å². The second-order valence-corrected chi connectivity index (χ2v) is 7.66. The summed E-state index contributed by atoms with van der Waals surface area (Å²) in [5, 5.41) is 6.36. The van der Waals surface area contributed by atoms with Crippen LogP contribution < -0.4 is 21.1 Å². The van der Waals surface area contributed by atoms with E-state index in [9.17, 15) is 8.42 Å². The number of unbranched alkanes of at least 4 members (excludes halogenated alkanes) is 1. The van der Waals surface area contributed by atoms with Crippen molar-refractivity contribution in [2.75, 3.05) is 22.9 Å². The highest BCUT2D eigenvalue weighted by Crippen LogP contribution is 2.16. The molecule has 0 atom stereocenters. The van der Waals surface area contributed by atoms with Crippen molar-refractivity contribution in [2.24, 2.45) is 0 Å². The second kappa shape index (κ2) is 8.80. The molecule has 5 N–H and O–H groups in total. The van der Waals surface area contributed by atoms with Crippen molar-refractivity contribution in [3.05, 3.63) is 48.5 Å². The van der Waals surface area contributed by atoms with Gasteiger partial charge in [0.25, 0.3) is 0 Å². The summed E-state index contributed by atoms with van der Waals surface area (Å²) in [4.78, 5) is 0.198. The molecule has 0 heterocycles. The fraction of sp³-hybridized carbons (Fsp3) is 0.235. The molecule has 6 nitrogen and oxygen atoms in total. The molecule has 0 bridgehead atoms. The zero-order valence-electron chi connectivity index (χ0n) is 14.0. The molecule has 134 valence electrons. The van der Waals surface area contributed by atoms with E-state index >= 15 is 0 Å². The lowest BCUT2D eigenvalue weighted by atomic mass is 10.3. The molecule has 0 aliphatic carbocycles. The van der Waals surface area contributed by atoms with E-state index in [1.807, 2.05) is 19.1 Å². The van der Waals surface area contributed by atoms with Crippen LogP contribution in [0.25, 0.3) is 0 Å². The Kier molecular flexibility index (Phi) is 6.74. The maximum atomic E-state index is 12.3. The van der Waals surface area contributed by atoms with Crippen LogP contribution in [0.1, 0.15) is 19.8 Å². The van der Waals surface area contributed by atoms with Crippen LogP contribution in [-0.2, 0) is 10.0 Å². The highest BCUT2D eigenvalue weighted by atomic mass is 32.2. The lowest BCUT2D eigenvalue weighted by molar-refractivity contribution is 0.578. The van der Waals surface area contributed by atoms with Gasteiger partial charge in [0.1, 0.15) is 0 Å². The van der Waals surface area contributed by atoms with Gasteiger partial charge in [0.15, 0.2) is 5.11 Å². The van der Waals surface area contributed by atoms with Crippen molar-refractivity contribution in [1.82, 2.24) is 4.72 Å². The molecule has 2 rings (SSSR count). The average Bonchev–Trinajstić information content (AvgIpc) is 2.57. The standard InChI is InChI=1S/C17H22N4O2S2/c1-2-3-11-19-25(22,23)16-6-4-5-15(12-16)21-17(24)20-14-9-7-13(18)8-10-14/h4-10,12,19H,2-3,11,18H2,1H3,(H2,20,21,24). The van der Waals surface area contributed by atoms with Gasteiger partial charge in [-0.2, -0.15) is 0 Å². The van der Waals surface area contributed by atoms with E-state index in [1.165, 1.54) is 0 Å². The lowest BCUT2D eigenvalue weighted by Gasteiger charge is -2.12. The first-order valence-corrected chi connectivity index (χ1v) is 9.83. The van der Waals surface area contributed by atoms with Gasteiger partial charge in [0.2, 0.25) is 10.0 Å². The van der Waals surface area contributed by atoms with Gasteiger partial charge in [0, 0.05) is 23.6 Å². The quantitative estimate of drug-likeness (QED) is 0.336. The first-order valence-electron chi connectivity index (χ1n) is 7.94. The van der Waals surface area contributed by atoms with Gasteiger partial charge in [-0.3, -0.25) is 0 Å². The number of sulfonamides is 1. The number of rotatable bonds is 7. The second-order valence-electron chi connectivity index (χ2n) is 5.48. The highest BCUT2D eigenvalue weighted by Gasteiger charge is 2.13. The number of hydrogen-bond donors (Lipinski definition) is 4. The fourth-order valence-corrected chi connectivity index (χ4v) is 3.42. The van der Waals surface area contributed by atoms with Crippen LogP contribution in [0.15, 0.2) is 53.4 Å². The van der Waals surface area contributed by atoms with E-state index in [1.54, 1.807) is 36.4 Å². The molecule has 2 aromatic carbocycles. The number of nitrogens with one attached hydrogen (secondary N) is 3. The molecule has 0 aliphatic heterocycles. The van der Waals surface area contributed by atoms with Gasteiger partial charge >= 0.3 is 0 Å².